The van der Waals surface area contributed by atoms with Crippen LogP contribution in [-0.2, 0) is 17.8 Å². The van der Waals surface area contributed by atoms with Crippen molar-refractivity contribution in [2.24, 2.45) is 4.99 Å². The molecule has 1 amide bonds. The summed E-state index contributed by atoms with van der Waals surface area (Å²) in [5.41, 5.74) is 1.24. The summed E-state index contributed by atoms with van der Waals surface area (Å²) in [5, 5.41) is 9.66. The van der Waals surface area contributed by atoms with Gasteiger partial charge in [0.05, 0.1) is 0 Å². The molecule has 0 saturated heterocycles. The molecule has 5 nitrogen and oxygen atoms in total. The highest BCUT2D eigenvalue weighted by Crippen LogP contribution is 2.10. The summed E-state index contributed by atoms with van der Waals surface area (Å²) in [7, 11) is 5.49. The highest BCUT2D eigenvalue weighted by Gasteiger charge is 2.10. The van der Waals surface area contributed by atoms with Crippen molar-refractivity contribution in [1.82, 2.24) is 15.1 Å². The Hall–Kier alpha value is -1.13. The van der Waals surface area contributed by atoms with Crippen molar-refractivity contribution in [1.29, 1.82) is 0 Å². The number of thiophene rings is 2. The van der Waals surface area contributed by atoms with Crippen molar-refractivity contribution in [3.63, 3.8) is 0 Å². The SMILES string of the molecule is CN(C)C(=O)CN=C(NCCc1cccs1)N(C)Cc1ccsc1.I. The van der Waals surface area contributed by atoms with Crippen molar-refractivity contribution in [2.45, 2.75) is 13.0 Å². The molecule has 1 N–H and O–H groups in total. The molecule has 2 heterocycles. The van der Waals surface area contributed by atoms with Crippen LogP contribution in [0.3, 0.4) is 0 Å². The number of hydrogen-bond donors (Lipinski definition) is 1. The van der Waals surface area contributed by atoms with E-state index in [9.17, 15) is 4.79 Å². The lowest BCUT2D eigenvalue weighted by atomic mass is 10.3. The van der Waals surface area contributed by atoms with E-state index in [-0.39, 0.29) is 36.4 Å². The van der Waals surface area contributed by atoms with Crippen LogP contribution in [0.25, 0.3) is 0 Å². The van der Waals surface area contributed by atoms with E-state index in [0.717, 1.165) is 25.5 Å². The zero-order valence-electron chi connectivity index (χ0n) is 14.8. The average molecular weight is 492 g/mol. The molecule has 25 heavy (non-hydrogen) atoms. The molecular weight excluding hydrogens is 467 g/mol. The Morgan fingerprint density at radius 2 is 2.04 bits per heavy atom. The first-order valence-corrected chi connectivity index (χ1v) is 9.61. The van der Waals surface area contributed by atoms with Crippen LogP contribution in [0.15, 0.2) is 39.3 Å². The van der Waals surface area contributed by atoms with Gasteiger partial charge in [0.25, 0.3) is 0 Å². The van der Waals surface area contributed by atoms with Gasteiger partial charge in [-0.2, -0.15) is 11.3 Å². The monoisotopic (exact) mass is 492 g/mol. The predicted molar refractivity (Wildman–Crippen MR) is 118 cm³/mol. The van der Waals surface area contributed by atoms with E-state index >= 15 is 0 Å². The minimum absolute atomic E-state index is 0. The van der Waals surface area contributed by atoms with Gasteiger partial charge in [-0.3, -0.25) is 4.79 Å². The molecule has 0 aliphatic heterocycles. The first kappa shape index (κ1) is 21.9. The van der Waals surface area contributed by atoms with Crippen molar-refractivity contribution < 1.29 is 4.79 Å². The quantitative estimate of drug-likeness (QED) is 0.367. The molecular formula is C17H25IN4OS2. The van der Waals surface area contributed by atoms with Crippen LogP contribution in [0.2, 0.25) is 0 Å². The molecule has 2 aromatic rings. The summed E-state index contributed by atoms with van der Waals surface area (Å²) in [6, 6.07) is 6.30. The second-order valence-corrected chi connectivity index (χ2v) is 7.48. The third-order valence-corrected chi connectivity index (χ3v) is 5.13. The van der Waals surface area contributed by atoms with E-state index in [1.165, 1.54) is 10.4 Å². The molecule has 2 aromatic heterocycles. The van der Waals surface area contributed by atoms with Crippen molar-refractivity contribution in [3.8, 4) is 0 Å². The summed E-state index contributed by atoms with van der Waals surface area (Å²) < 4.78 is 0. The van der Waals surface area contributed by atoms with E-state index in [1.807, 2.05) is 7.05 Å². The molecule has 0 aromatic carbocycles. The number of rotatable bonds is 7. The smallest absolute Gasteiger partial charge is 0.243 e. The first-order chi connectivity index (χ1) is 11.6. The number of guanidine groups is 1. The van der Waals surface area contributed by atoms with Crippen LogP contribution in [0, 0.1) is 0 Å². The van der Waals surface area contributed by atoms with Gasteiger partial charge < -0.3 is 15.1 Å². The largest absolute Gasteiger partial charge is 0.356 e. The minimum atomic E-state index is -0.00325. The van der Waals surface area contributed by atoms with Crippen LogP contribution in [0.5, 0.6) is 0 Å². The van der Waals surface area contributed by atoms with Crippen molar-refractivity contribution in [2.75, 3.05) is 34.2 Å². The maximum absolute atomic E-state index is 11.8. The zero-order chi connectivity index (χ0) is 17.4. The fraction of sp³-hybridized carbons (Fsp3) is 0.412. The summed E-state index contributed by atoms with van der Waals surface area (Å²) in [6.45, 7) is 1.72. The number of amides is 1. The molecule has 0 aliphatic carbocycles. The molecule has 0 bridgehead atoms. The number of halogens is 1. The number of likely N-dealkylation sites (N-methyl/N-ethyl adjacent to an activating group) is 1. The summed E-state index contributed by atoms with van der Waals surface area (Å²) in [6.07, 6.45) is 0.949. The predicted octanol–water partition coefficient (Wildman–Crippen LogP) is 3.14. The van der Waals surface area contributed by atoms with Crippen LogP contribution in [-0.4, -0.2) is 55.9 Å². The molecule has 8 heteroatoms. The number of nitrogens with one attached hydrogen (secondary N) is 1. The summed E-state index contributed by atoms with van der Waals surface area (Å²) in [5.74, 6) is 0.754. The van der Waals surface area contributed by atoms with E-state index < -0.39 is 0 Å². The number of aliphatic imine (C=N–C) groups is 1. The fourth-order valence-corrected chi connectivity index (χ4v) is 3.45. The molecule has 138 valence electrons. The Labute approximate surface area is 174 Å². The van der Waals surface area contributed by atoms with E-state index in [1.54, 1.807) is 41.7 Å². The van der Waals surface area contributed by atoms with Gasteiger partial charge >= 0.3 is 0 Å². The van der Waals surface area contributed by atoms with Crippen LogP contribution in [0.1, 0.15) is 10.4 Å². The second kappa shape index (κ2) is 11.5. The van der Waals surface area contributed by atoms with Gasteiger partial charge in [-0.1, -0.05) is 6.07 Å². The van der Waals surface area contributed by atoms with Gasteiger partial charge in [0.15, 0.2) is 5.96 Å². The number of nitrogens with zero attached hydrogens (tertiary/aromatic N) is 3. The zero-order valence-corrected chi connectivity index (χ0v) is 18.7. The lowest BCUT2D eigenvalue weighted by Gasteiger charge is -2.22. The normalized spacial score (nSPS) is 10.9. The third kappa shape index (κ3) is 7.74. The Bertz CT molecular complexity index is 642. The van der Waals surface area contributed by atoms with Gasteiger partial charge in [-0.25, -0.2) is 4.99 Å². The van der Waals surface area contributed by atoms with Crippen LogP contribution >= 0.6 is 46.7 Å². The molecule has 0 radical (unpaired) electrons. The second-order valence-electron chi connectivity index (χ2n) is 5.67. The maximum Gasteiger partial charge on any atom is 0.243 e. The Morgan fingerprint density at radius 1 is 1.24 bits per heavy atom. The molecule has 0 unspecified atom stereocenters. The highest BCUT2D eigenvalue weighted by molar-refractivity contribution is 14.0. The number of hydrogen-bond acceptors (Lipinski definition) is 4. The summed E-state index contributed by atoms with van der Waals surface area (Å²) in [4.78, 5) is 21.3. The van der Waals surface area contributed by atoms with Gasteiger partial charge in [0, 0.05) is 39.1 Å². The molecule has 0 saturated carbocycles. The van der Waals surface area contributed by atoms with Crippen LogP contribution < -0.4 is 5.32 Å². The van der Waals surface area contributed by atoms with E-state index in [0.29, 0.717) is 0 Å². The Balaban J connectivity index is 0.00000312. The molecule has 0 atom stereocenters. The lowest BCUT2D eigenvalue weighted by molar-refractivity contribution is -0.127. The number of carbonyl (C=O) groups excluding carboxylic acids is 1. The Morgan fingerprint density at radius 3 is 2.64 bits per heavy atom. The van der Waals surface area contributed by atoms with Crippen LogP contribution in [0.4, 0.5) is 0 Å². The molecule has 0 fully saturated rings. The van der Waals surface area contributed by atoms with Gasteiger partial charge in [0.2, 0.25) is 5.91 Å². The third-order valence-electron chi connectivity index (χ3n) is 3.46. The average Bonchev–Trinajstić information content (AvgIpc) is 3.23. The van der Waals surface area contributed by atoms with Crippen molar-refractivity contribution >= 4 is 58.5 Å². The number of carbonyl (C=O) groups is 1. The lowest BCUT2D eigenvalue weighted by Crippen LogP contribution is -2.40. The Kier molecular flexibility index (Phi) is 10.1. The van der Waals surface area contributed by atoms with Gasteiger partial charge in [-0.15, -0.1) is 35.3 Å². The summed E-state index contributed by atoms with van der Waals surface area (Å²) >= 11 is 3.44. The first-order valence-electron chi connectivity index (χ1n) is 7.79. The maximum atomic E-state index is 11.8. The van der Waals surface area contributed by atoms with Crippen molar-refractivity contribution in [3.05, 3.63) is 44.8 Å². The van der Waals surface area contributed by atoms with Gasteiger partial charge in [0.1, 0.15) is 6.54 Å². The van der Waals surface area contributed by atoms with Gasteiger partial charge in [-0.05, 0) is 40.3 Å². The topological polar surface area (TPSA) is 47.9 Å². The fourth-order valence-electron chi connectivity index (χ4n) is 2.08. The van der Waals surface area contributed by atoms with E-state index in [4.69, 9.17) is 0 Å². The molecule has 0 spiro atoms. The standard InChI is InChI=1S/C17H24N4OS2.HI/c1-20(2)16(22)11-19-17(18-8-6-15-5-4-9-24-15)21(3)12-14-7-10-23-13-14;/h4-5,7,9-10,13H,6,8,11-12H2,1-3H3,(H,18,19);1H. The minimum Gasteiger partial charge on any atom is -0.356 e. The molecule has 0 aliphatic rings. The highest BCUT2D eigenvalue weighted by atomic mass is 127. The van der Waals surface area contributed by atoms with E-state index in [2.05, 4.69) is 49.5 Å². The molecule has 2 rings (SSSR count).